The number of nitrogens with two attached hydrogens (primary N) is 1. The summed E-state index contributed by atoms with van der Waals surface area (Å²) in [5, 5.41) is 8.88. The highest BCUT2D eigenvalue weighted by Crippen LogP contribution is 2.48. The van der Waals surface area contributed by atoms with Gasteiger partial charge in [-0.25, -0.2) is 0 Å². The zero-order valence-electron chi connectivity index (χ0n) is 8.10. The predicted molar refractivity (Wildman–Crippen MR) is 47.4 cm³/mol. The molecule has 0 fully saturated rings. The number of benzene rings is 1. The van der Waals surface area contributed by atoms with Crippen LogP contribution in [0.3, 0.4) is 0 Å². The summed E-state index contributed by atoms with van der Waals surface area (Å²) in [5.74, 6) is -4.16. The molecule has 2 nitrogen and oxygen atoms in total. The maximum absolute atomic E-state index is 12.3. The molecule has 1 aromatic carbocycles. The summed E-state index contributed by atoms with van der Waals surface area (Å²) in [4.78, 5) is 0. The Morgan fingerprint density at radius 3 is 1.82 bits per heavy atom. The quantitative estimate of drug-likeness (QED) is 0.601. The minimum Gasteiger partial charge on any atom is -0.508 e. The van der Waals surface area contributed by atoms with Gasteiger partial charge in [-0.3, -0.25) is 0 Å². The van der Waals surface area contributed by atoms with Crippen LogP contribution in [0, 0.1) is 0 Å². The minimum atomic E-state index is -5.50. The fourth-order valence-corrected chi connectivity index (χ4v) is 1.36. The molecule has 96 valence electrons. The summed E-state index contributed by atoms with van der Waals surface area (Å²) in [7, 11) is 0. The number of hydrogen-bond donors (Lipinski definition) is 2. The van der Waals surface area contributed by atoms with Gasteiger partial charge >= 0.3 is 12.4 Å². The summed E-state index contributed by atoms with van der Waals surface area (Å²) in [6.07, 6.45) is -11.0. The van der Waals surface area contributed by atoms with E-state index in [1.165, 1.54) is 0 Å². The maximum Gasteiger partial charge on any atom is 0.404 e. The molecule has 17 heavy (non-hydrogen) atoms. The molecule has 3 N–H and O–H groups in total. The summed E-state index contributed by atoms with van der Waals surface area (Å²) < 4.78 is 74.1. The van der Waals surface area contributed by atoms with Gasteiger partial charge in [0.15, 0.2) is 5.92 Å². The van der Waals surface area contributed by atoms with Crippen molar-refractivity contribution in [3.63, 3.8) is 0 Å². The molecule has 0 spiro atoms. The molecule has 0 saturated carbocycles. The topological polar surface area (TPSA) is 46.2 Å². The van der Waals surface area contributed by atoms with Crippen LogP contribution in [0.25, 0.3) is 0 Å². The molecule has 8 heteroatoms. The first kappa shape index (κ1) is 13.5. The van der Waals surface area contributed by atoms with E-state index in [-0.39, 0.29) is 0 Å². The van der Waals surface area contributed by atoms with Gasteiger partial charge in [-0.05, 0) is 11.6 Å². The lowest BCUT2D eigenvalue weighted by Gasteiger charge is -2.24. The molecular formula is C9H7F6NO. The number of halogens is 6. The molecule has 0 aliphatic carbocycles. The number of anilines is 1. The van der Waals surface area contributed by atoms with Crippen molar-refractivity contribution in [2.45, 2.75) is 18.3 Å². The number of nitrogen functional groups attached to an aromatic ring is 1. The standard InChI is InChI=1S/C9H7F6NO/c10-8(11,12)7(9(13,14)15)5-2-1-4(17)3-6(5)16/h1-3,7,17H,16H2. The van der Waals surface area contributed by atoms with Crippen LogP contribution in [0.5, 0.6) is 5.75 Å². The van der Waals surface area contributed by atoms with Crippen LogP contribution >= 0.6 is 0 Å². The van der Waals surface area contributed by atoms with E-state index in [0.717, 1.165) is 6.07 Å². The third-order valence-corrected chi connectivity index (χ3v) is 2.04. The number of hydrogen-bond acceptors (Lipinski definition) is 2. The van der Waals surface area contributed by atoms with Crippen molar-refractivity contribution >= 4 is 5.69 Å². The molecule has 0 radical (unpaired) electrons. The van der Waals surface area contributed by atoms with Crippen molar-refractivity contribution in [1.82, 2.24) is 0 Å². The molecule has 0 atom stereocenters. The molecule has 0 aromatic heterocycles. The molecule has 0 unspecified atom stereocenters. The van der Waals surface area contributed by atoms with E-state index in [9.17, 15) is 26.3 Å². The van der Waals surface area contributed by atoms with E-state index in [2.05, 4.69) is 0 Å². The Labute approximate surface area is 91.7 Å². The first-order valence-electron chi connectivity index (χ1n) is 4.25. The van der Waals surface area contributed by atoms with Crippen LogP contribution in [0.1, 0.15) is 11.5 Å². The second-order valence-electron chi connectivity index (χ2n) is 3.33. The number of alkyl halides is 6. The van der Waals surface area contributed by atoms with Gasteiger partial charge in [0.1, 0.15) is 5.75 Å². The van der Waals surface area contributed by atoms with E-state index in [1.807, 2.05) is 0 Å². The Hall–Kier alpha value is -1.60. The molecule has 0 amide bonds. The van der Waals surface area contributed by atoms with Gasteiger partial charge in [0.25, 0.3) is 0 Å². The second-order valence-corrected chi connectivity index (χ2v) is 3.33. The lowest BCUT2D eigenvalue weighted by atomic mass is 9.96. The molecular weight excluding hydrogens is 252 g/mol. The third-order valence-electron chi connectivity index (χ3n) is 2.04. The Bertz CT molecular complexity index is 397. The number of phenolic OH excluding ortho intramolecular Hbond substituents is 1. The first-order chi connectivity index (χ1) is 7.53. The van der Waals surface area contributed by atoms with Crippen LogP contribution in [-0.2, 0) is 0 Å². The molecule has 1 rings (SSSR count). The zero-order valence-corrected chi connectivity index (χ0v) is 8.10. The number of aromatic hydroxyl groups is 1. The fourth-order valence-electron chi connectivity index (χ4n) is 1.36. The average molecular weight is 259 g/mol. The van der Waals surface area contributed by atoms with Gasteiger partial charge in [-0.15, -0.1) is 0 Å². The van der Waals surface area contributed by atoms with Crippen LogP contribution < -0.4 is 5.73 Å². The highest BCUT2D eigenvalue weighted by Gasteiger charge is 2.58. The molecule has 0 bridgehead atoms. The van der Waals surface area contributed by atoms with Crippen molar-refractivity contribution in [2.24, 2.45) is 0 Å². The second kappa shape index (κ2) is 4.01. The SMILES string of the molecule is Nc1cc(O)ccc1C(C(F)(F)F)C(F)(F)F. The smallest absolute Gasteiger partial charge is 0.404 e. The van der Waals surface area contributed by atoms with Gasteiger partial charge in [0, 0.05) is 11.8 Å². The van der Waals surface area contributed by atoms with Crippen molar-refractivity contribution in [3.05, 3.63) is 23.8 Å². The highest BCUT2D eigenvalue weighted by atomic mass is 19.4. The maximum atomic E-state index is 12.3. The number of rotatable bonds is 1. The largest absolute Gasteiger partial charge is 0.508 e. The zero-order chi connectivity index (χ0) is 13.4. The van der Waals surface area contributed by atoms with Crippen LogP contribution in [0.15, 0.2) is 18.2 Å². The Balaban J connectivity index is 3.34. The molecule has 0 saturated heterocycles. The normalized spacial score (nSPS) is 13.1. The first-order valence-corrected chi connectivity index (χ1v) is 4.25. The molecule has 0 heterocycles. The van der Waals surface area contributed by atoms with Crippen molar-refractivity contribution in [2.75, 3.05) is 5.73 Å². The summed E-state index contributed by atoms with van der Waals surface area (Å²) >= 11 is 0. The van der Waals surface area contributed by atoms with Gasteiger partial charge in [0.05, 0.1) is 0 Å². The van der Waals surface area contributed by atoms with Gasteiger partial charge in [-0.2, -0.15) is 26.3 Å². The molecule has 0 aliphatic rings. The van der Waals surface area contributed by atoms with Crippen molar-refractivity contribution in [3.8, 4) is 5.75 Å². The van der Waals surface area contributed by atoms with Crippen LogP contribution in [0.4, 0.5) is 32.0 Å². The van der Waals surface area contributed by atoms with Gasteiger partial charge in [-0.1, -0.05) is 6.07 Å². The molecule has 0 aliphatic heterocycles. The number of phenols is 1. The van der Waals surface area contributed by atoms with Crippen LogP contribution in [0.2, 0.25) is 0 Å². The Kier molecular flexibility index (Phi) is 3.17. The van der Waals surface area contributed by atoms with E-state index in [1.54, 1.807) is 0 Å². The summed E-state index contributed by atoms with van der Waals surface area (Å²) in [6, 6.07) is 1.87. The Morgan fingerprint density at radius 2 is 1.47 bits per heavy atom. The van der Waals surface area contributed by atoms with E-state index < -0.39 is 35.3 Å². The lowest BCUT2D eigenvalue weighted by molar-refractivity contribution is -0.253. The van der Waals surface area contributed by atoms with Crippen LogP contribution in [-0.4, -0.2) is 17.5 Å². The van der Waals surface area contributed by atoms with Crippen molar-refractivity contribution in [1.29, 1.82) is 0 Å². The van der Waals surface area contributed by atoms with E-state index in [0.29, 0.717) is 12.1 Å². The summed E-state index contributed by atoms with van der Waals surface area (Å²) in [5.41, 5.74) is 3.17. The van der Waals surface area contributed by atoms with E-state index in [4.69, 9.17) is 10.8 Å². The monoisotopic (exact) mass is 259 g/mol. The average Bonchev–Trinajstić information content (AvgIpc) is 2.04. The van der Waals surface area contributed by atoms with Gasteiger partial charge < -0.3 is 10.8 Å². The fraction of sp³-hybridized carbons (Fsp3) is 0.333. The highest BCUT2D eigenvalue weighted by molar-refractivity contribution is 5.53. The minimum absolute atomic E-state index is 0.505. The third kappa shape index (κ3) is 2.95. The van der Waals surface area contributed by atoms with E-state index >= 15 is 0 Å². The molecule has 1 aromatic rings. The predicted octanol–water partition coefficient (Wildman–Crippen LogP) is 3.18. The lowest BCUT2D eigenvalue weighted by Crippen LogP contribution is -2.34. The Morgan fingerprint density at radius 1 is 1.00 bits per heavy atom. The summed E-state index contributed by atoms with van der Waals surface area (Å²) in [6.45, 7) is 0. The van der Waals surface area contributed by atoms with Gasteiger partial charge in [0.2, 0.25) is 0 Å². The van der Waals surface area contributed by atoms with Crippen molar-refractivity contribution < 1.29 is 31.4 Å².